The van der Waals surface area contributed by atoms with Crippen LogP contribution in [0.15, 0.2) is 18.2 Å². The number of carbonyl (C=O) groups excluding carboxylic acids is 1. The molecule has 0 aliphatic heterocycles. The van der Waals surface area contributed by atoms with E-state index in [4.69, 9.17) is 10.00 Å². The smallest absolute Gasteiger partial charge is 0.319 e. The summed E-state index contributed by atoms with van der Waals surface area (Å²) >= 11 is 0. The summed E-state index contributed by atoms with van der Waals surface area (Å²) in [6.45, 7) is 8.43. The van der Waals surface area contributed by atoms with E-state index in [0.29, 0.717) is 29.5 Å². The molecule has 20 heavy (non-hydrogen) atoms. The molecule has 108 valence electrons. The summed E-state index contributed by atoms with van der Waals surface area (Å²) in [7, 11) is 0. The highest BCUT2D eigenvalue weighted by Crippen LogP contribution is 2.26. The maximum atomic E-state index is 11.8. The average molecular weight is 275 g/mol. The minimum Gasteiger partial charge on any atom is -0.489 e. The first-order valence-corrected chi connectivity index (χ1v) is 6.68. The number of anilines is 1. The van der Waals surface area contributed by atoms with E-state index in [1.807, 2.05) is 33.8 Å². The van der Waals surface area contributed by atoms with Gasteiger partial charge in [-0.3, -0.25) is 0 Å². The maximum absolute atomic E-state index is 11.8. The Labute approximate surface area is 119 Å². The Balaban J connectivity index is 2.84. The van der Waals surface area contributed by atoms with Crippen LogP contribution in [-0.4, -0.2) is 18.7 Å². The monoisotopic (exact) mass is 275 g/mol. The highest BCUT2D eigenvalue weighted by Gasteiger charge is 2.10. The molecule has 0 aromatic heterocycles. The van der Waals surface area contributed by atoms with Gasteiger partial charge in [0.05, 0.1) is 23.4 Å². The molecule has 1 rings (SSSR count). The third-order valence-electron chi connectivity index (χ3n) is 2.39. The van der Waals surface area contributed by atoms with Gasteiger partial charge in [0.25, 0.3) is 0 Å². The number of nitrogens with one attached hydrogen (secondary N) is 2. The highest BCUT2D eigenvalue weighted by molar-refractivity contribution is 5.91. The Morgan fingerprint density at radius 2 is 2.05 bits per heavy atom. The third-order valence-corrected chi connectivity index (χ3v) is 2.39. The van der Waals surface area contributed by atoms with Crippen molar-refractivity contribution in [2.24, 2.45) is 5.92 Å². The Kier molecular flexibility index (Phi) is 5.85. The third kappa shape index (κ3) is 5.19. The Hall–Kier alpha value is -2.22. The van der Waals surface area contributed by atoms with Gasteiger partial charge < -0.3 is 15.4 Å². The van der Waals surface area contributed by atoms with Crippen molar-refractivity contribution in [2.75, 3.05) is 11.9 Å². The van der Waals surface area contributed by atoms with Crippen LogP contribution in [0.25, 0.3) is 0 Å². The van der Waals surface area contributed by atoms with E-state index in [1.165, 1.54) is 0 Å². The number of nitrogens with zero attached hydrogens (tertiary/aromatic N) is 1. The molecule has 0 heterocycles. The van der Waals surface area contributed by atoms with E-state index in [0.717, 1.165) is 0 Å². The summed E-state index contributed by atoms with van der Waals surface area (Å²) in [5.41, 5.74) is 0.972. The second-order valence-electron chi connectivity index (χ2n) is 5.22. The number of carbonyl (C=O) groups is 1. The van der Waals surface area contributed by atoms with Gasteiger partial charge in [-0.1, -0.05) is 13.8 Å². The zero-order valence-corrected chi connectivity index (χ0v) is 12.4. The molecule has 5 nitrogen and oxygen atoms in total. The molecule has 0 saturated carbocycles. The zero-order valence-electron chi connectivity index (χ0n) is 12.4. The number of ether oxygens (including phenoxy) is 1. The van der Waals surface area contributed by atoms with Gasteiger partial charge in [0.15, 0.2) is 0 Å². The summed E-state index contributed by atoms with van der Waals surface area (Å²) in [6, 6.07) is 6.70. The van der Waals surface area contributed by atoms with Crippen LogP contribution in [0.3, 0.4) is 0 Å². The summed E-state index contributed by atoms with van der Waals surface area (Å²) in [5.74, 6) is 0.927. The van der Waals surface area contributed by atoms with Gasteiger partial charge >= 0.3 is 6.03 Å². The van der Waals surface area contributed by atoms with Crippen LogP contribution >= 0.6 is 0 Å². The van der Waals surface area contributed by atoms with Crippen LogP contribution in [0, 0.1) is 17.2 Å². The number of amides is 2. The van der Waals surface area contributed by atoms with Crippen LogP contribution in [0.4, 0.5) is 10.5 Å². The molecular formula is C15H21N3O2. The quantitative estimate of drug-likeness (QED) is 0.867. The maximum Gasteiger partial charge on any atom is 0.319 e. The van der Waals surface area contributed by atoms with Crippen molar-refractivity contribution in [2.45, 2.75) is 33.8 Å². The molecule has 0 bridgehead atoms. The van der Waals surface area contributed by atoms with Gasteiger partial charge in [-0.05, 0) is 38.0 Å². The first kappa shape index (κ1) is 15.8. The van der Waals surface area contributed by atoms with E-state index in [9.17, 15) is 4.79 Å². The van der Waals surface area contributed by atoms with Gasteiger partial charge in [0.2, 0.25) is 0 Å². The Morgan fingerprint density at radius 3 is 2.60 bits per heavy atom. The molecular weight excluding hydrogens is 254 g/mol. The molecule has 5 heteroatoms. The summed E-state index contributed by atoms with van der Waals surface area (Å²) in [4.78, 5) is 11.8. The summed E-state index contributed by atoms with van der Waals surface area (Å²) < 4.78 is 5.62. The molecule has 0 spiro atoms. The fraction of sp³-hybridized carbons (Fsp3) is 0.467. The van der Waals surface area contributed by atoms with Crippen molar-refractivity contribution in [1.82, 2.24) is 5.32 Å². The minimum atomic E-state index is -0.303. The van der Waals surface area contributed by atoms with E-state index in [2.05, 4.69) is 10.6 Å². The molecule has 2 N–H and O–H groups in total. The summed E-state index contributed by atoms with van der Waals surface area (Å²) in [6.07, 6.45) is -0.0118. The number of urea groups is 1. The van der Waals surface area contributed by atoms with Gasteiger partial charge in [-0.15, -0.1) is 0 Å². The van der Waals surface area contributed by atoms with Gasteiger partial charge in [0.1, 0.15) is 5.75 Å². The lowest BCUT2D eigenvalue weighted by molar-refractivity contribution is 0.241. The first-order chi connectivity index (χ1) is 9.42. The van der Waals surface area contributed by atoms with Crippen LogP contribution in [-0.2, 0) is 0 Å². The molecule has 0 atom stereocenters. The van der Waals surface area contributed by atoms with Crippen molar-refractivity contribution in [3.05, 3.63) is 23.8 Å². The fourth-order valence-electron chi connectivity index (χ4n) is 1.52. The standard InChI is InChI=1S/C15H21N3O2/c1-10(2)9-17-15(19)18-13-7-12(8-16)5-6-14(13)20-11(3)4/h5-7,10-11H,9H2,1-4H3,(H2,17,18,19). The molecule has 0 aliphatic carbocycles. The fourth-order valence-corrected chi connectivity index (χ4v) is 1.52. The molecule has 1 aromatic rings. The van der Waals surface area contributed by atoms with Crippen LogP contribution in [0.5, 0.6) is 5.75 Å². The van der Waals surface area contributed by atoms with E-state index < -0.39 is 0 Å². The minimum absolute atomic E-state index is 0.0118. The Bertz CT molecular complexity index is 504. The number of rotatable bonds is 5. The van der Waals surface area contributed by atoms with Gasteiger partial charge in [-0.2, -0.15) is 5.26 Å². The lowest BCUT2D eigenvalue weighted by Crippen LogP contribution is -2.31. The van der Waals surface area contributed by atoms with Crippen molar-refractivity contribution in [3.8, 4) is 11.8 Å². The number of hydrogen-bond donors (Lipinski definition) is 2. The second-order valence-corrected chi connectivity index (χ2v) is 5.22. The normalized spacial score (nSPS) is 10.2. The molecule has 1 aromatic carbocycles. The second kappa shape index (κ2) is 7.39. The lowest BCUT2D eigenvalue weighted by atomic mass is 10.2. The van der Waals surface area contributed by atoms with E-state index in [-0.39, 0.29) is 12.1 Å². The van der Waals surface area contributed by atoms with Gasteiger partial charge in [-0.25, -0.2) is 4.79 Å². The largest absolute Gasteiger partial charge is 0.489 e. The molecule has 0 radical (unpaired) electrons. The zero-order chi connectivity index (χ0) is 15.1. The SMILES string of the molecule is CC(C)CNC(=O)Nc1cc(C#N)ccc1OC(C)C. The highest BCUT2D eigenvalue weighted by atomic mass is 16.5. The van der Waals surface area contributed by atoms with E-state index >= 15 is 0 Å². The lowest BCUT2D eigenvalue weighted by Gasteiger charge is -2.16. The predicted octanol–water partition coefficient (Wildman–Crippen LogP) is 3.12. The first-order valence-electron chi connectivity index (χ1n) is 6.68. The van der Waals surface area contributed by atoms with Crippen LogP contribution in [0.1, 0.15) is 33.3 Å². The Morgan fingerprint density at radius 1 is 1.35 bits per heavy atom. The molecule has 2 amide bonds. The summed E-state index contributed by atoms with van der Waals surface area (Å²) in [5, 5.41) is 14.4. The number of nitriles is 1. The molecule has 0 unspecified atom stereocenters. The van der Waals surface area contributed by atoms with Crippen molar-refractivity contribution in [1.29, 1.82) is 5.26 Å². The number of benzene rings is 1. The average Bonchev–Trinajstić information content (AvgIpc) is 2.38. The van der Waals surface area contributed by atoms with E-state index in [1.54, 1.807) is 18.2 Å². The number of hydrogen-bond acceptors (Lipinski definition) is 3. The predicted molar refractivity (Wildman–Crippen MR) is 78.8 cm³/mol. The van der Waals surface area contributed by atoms with Crippen molar-refractivity contribution in [3.63, 3.8) is 0 Å². The molecule has 0 fully saturated rings. The van der Waals surface area contributed by atoms with Crippen molar-refractivity contribution >= 4 is 11.7 Å². The van der Waals surface area contributed by atoms with Crippen LogP contribution in [0.2, 0.25) is 0 Å². The topological polar surface area (TPSA) is 74.2 Å². The van der Waals surface area contributed by atoms with Crippen LogP contribution < -0.4 is 15.4 Å². The van der Waals surface area contributed by atoms with Gasteiger partial charge in [0, 0.05) is 6.54 Å². The molecule has 0 saturated heterocycles. The molecule has 0 aliphatic rings. The van der Waals surface area contributed by atoms with Crippen molar-refractivity contribution < 1.29 is 9.53 Å².